The Morgan fingerprint density at radius 2 is 1.62 bits per heavy atom. The van der Waals surface area contributed by atoms with Crippen molar-refractivity contribution in [1.82, 2.24) is 0 Å². The maximum atomic E-state index is 13.4. The van der Waals surface area contributed by atoms with E-state index in [4.69, 9.17) is 9.84 Å². The number of hydrogen-bond donors (Lipinski definition) is 1. The second kappa shape index (κ2) is 8.37. The van der Waals surface area contributed by atoms with Crippen molar-refractivity contribution in [1.29, 1.82) is 0 Å². The average Bonchev–Trinajstić information content (AvgIpc) is 3.01. The van der Waals surface area contributed by atoms with Gasteiger partial charge in [-0.3, -0.25) is 14.4 Å². The first-order valence-electron chi connectivity index (χ1n) is 10.0. The van der Waals surface area contributed by atoms with E-state index in [1.807, 2.05) is 6.92 Å². The van der Waals surface area contributed by atoms with Gasteiger partial charge in [-0.1, -0.05) is 49.7 Å². The fraction of sp³-hybridized carbons (Fsp3) is 0.208. The van der Waals surface area contributed by atoms with Gasteiger partial charge in [-0.25, -0.2) is 4.90 Å². The highest BCUT2D eigenvalue weighted by molar-refractivity contribution is 6.37. The van der Waals surface area contributed by atoms with Crippen molar-refractivity contribution < 1.29 is 33.0 Å². The molecule has 0 saturated heterocycles. The van der Waals surface area contributed by atoms with Crippen LogP contribution in [0.15, 0.2) is 48.5 Å². The Hall–Kier alpha value is -3.81. The number of aliphatic carboxylic acids is 1. The maximum Gasteiger partial charge on any atom is 0.387 e. The summed E-state index contributed by atoms with van der Waals surface area (Å²) in [4.78, 5) is 38.6. The summed E-state index contributed by atoms with van der Waals surface area (Å²) in [6, 6.07) is 12.6. The highest BCUT2D eigenvalue weighted by Crippen LogP contribution is 2.43. The molecule has 3 aromatic rings. The molecule has 0 aromatic heterocycles. The molecule has 164 valence electrons. The topological polar surface area (TPSA) is 83.9 Å². The lowest BCUT2D eigenvalue weighted by atomic mass is 9.91. The minimum atomic E-state index is -3.17. The van der Waals surface area contributed by atoms with Gasteiger partial charge in [0.05, 0.1) is 23.2 Å². The molecule has 0 saturated carbocycles. The van der Waals surface area contributed by atoms with E-state index >= 15 is 0 Å². The predicted octanol–water partition coefficient (Wildman–Crippen LogP) is 4.82. The molecule has 32 heavy (non-hydrogen) atoms. The van der Waals surface area contributed by atoms with Crippen LogP contribution >= 0.6 is 0 Å². The molecule has 1 aliphatic heterocycles. The lowest BCUT2D eigenvalue weighted by Crippen LogP contribution is -2.29. The molecular weight excluding hydrogens is 420 g/mol. The number of carbonyl (C=O) groups is 3. The summed E-state index contributed by atoms with van der Waals surface area (Å²) in [5.41, 5.74) is 1.23. The molecule has 0 unspecified atom stereocenters. The quantitative estimate of drug-likeness (QED) is 0.534. The molecule has 0 bridgehead atoms. The van der Waals surface area contributed by atoms with Crippen molar-refractivity contribution in [3.63, 3.8) is 0 Å². The van der Waals surface area contributed by atoms with E-state index in [-0.39, 0.29) is 29.0 Å². The summed E-state index contributed by atoms with van der Waals surface area (Å²) in [5.74, 6) is -2.70. The fourth-order valence-electron chi connectivity index (χ4n) is 4.13. The van der Waals surface area contributed by atoms with E-state index in [2.05, 4.69) is 0 Å². The number of amides is 2. The number of carboxylic acid groups (broad SMARTS) is 1. The molecule has 0 atom stereocenters. The number of imide groups is 1. The Morgan fingerprint density at radius 1 is 1.00 bits per heavy atom. The van der Waals surface area contributed by atoms with Gasteiger partial charge in [-0.15, -0.1) is 0 Å². The molecule has 3 aromatic carbocycles. The number of alkyl halides is 2. The SMILES string of the molecule is CCCc1c2c(c(OC(F)F)c3ccccc13)C(=O)N(c1ccc(CC(=O)O)cc1)C2=O. The molecule has 1 N–H and O–H groups in total. The van der Waals surface area contributed by atoms with Crippen molar-refractivity contribution >= 4 is 34.2 Å². The van der Waals surface area contributed by atoms with E-state index in [0.717, 1.165) is 4.90 Å². The van der Waals surface area contributed by atoms with E-state index < -0.39 is 24.4 Å². The minimum Gasteiger partial charge on any atom is -0.481 e. The summed E-state index contributed by atoms with van der Waals surface area (Å²) >= 11 is 0. The number of benzene rings is 3. The Morgan fingerprint density at radius 3 is 2.22 bits per heavy atom. The molecule has 0 fully saturated rings. The molecule has 8 heteroatoms. The summed E-state index contributed by atoms with van der Waals surface area (Å²) in [6.07, 6.45) is 0.944. The zero-order chi connectivity index (χ0) is 23.0. The maximum absolute atomic E-state index is 13.4. The Bertz CT molecular complexity index is 1240. The number of carboxylic acids is 1. The van der Waals surface area contributed by atoms with Crippen LogP contribution in [0, 0.1) is 0 Å². The number of ether oxygens (including phenoxy) is 1. The molecule has 6 nitrogen and oxygen atoms in total. The van der Waals surface area contributed by atoms with Gasteiger partial charge in [0.15, 0.2) is 0 Å². The van der Waals surface area contributed by atoms with Gasteiger partial charge >= 0.3 is 12.6 Å². The average molecular weight is 439 g/mol. The zero-order valence-electron chi connectivity index (χ0n) is 17.1. The van der Waals surface area contributed by atoms with Crippen LogP contribution < -0.4 is 9.64 Å². The number of nitrogens with zero attached hydrogens (tertiary/aromatic N) is 1. The molecule has 1 aliphatic rings. The fourth-order valence-corrected chi connectivity index (χ4v) is 4.13. The van der Waals surface area contributed by atoms with E-state index in [0.29, 0.717) is 34.7 Å². The highest BCUT2D eigenvalue weighted by atomic mass is 19.3. The van der Waals surface area contributed by atoms with Crippen LogP contribution in [0.4, 0.5) is 14.5 Å². The van der Waals surface area contributed by atoms with Crippen LogP contribution in [0.2, 0.25) is 0 Å². The molecule has 1 heterocycles. The van der Waals surface area contributed by atoms with Crippen molar-refractivity contribution in [2.75, 3.05) is 4.90 Å². The van der Waals surface area contributed by atoms with Crippen molar-refractivity contribution in [2.24, 2.45) is 0 Å². The normalized spacial score (nSPS) is 13.2. The van der Waals surface area contributed by atoms with Gasteiger partial charge in [0.25, 0.3) is 11.8 Å². The van der Waals surface area contributed by atoms with Crippen LogP contribution in [0.3, 0.4) is 0 Å². The number of halogens is 2. The lowest BCUT2D eigenvalue weighted by Gasteiger charge is -2.15. The van der Waals surface area contributed by atoms with Gasteiger partial charge < -0.3 is 9.84 Å². The molecule has 4 rings (SSSR count). The number of hydrogen-bond acceptors (Lipinski definition) is 4. The van der Waals surface area contributed by atoms with Crippen molar-refractivity contribution in [2.45, 2.75) is 32.8 Å². The van der Waals surface area contributed by atoms with Gasteiger partial charge in [0.1, 0.15) is 5.75 Å². The van der Waals surface area contributed by atoms with E-state index in [9.17, 15) is 23.2 Å². The van der Waals surface area contributed by atoms with Gasteiger partial charge in [0, 0.05) is 5.39 Å². The summed E-state index contributed by atoms with van der Waals surface area (Å²) in [6.45, 7) is -1.25. The van der Waals surface area contributed by atoms with Crippen LogP contribution in [-0.4, -0.2) is 29.5 Å². The molecule has 0 spiro atoms. The number of fused-ring (bicyclic) bond motifs is 2. The van der Waals surface area contributed by atoms with Gasteiger partial charge in [0.2, 0.25) is 0 Å². The lowest BCUT2D eigenvalue weighted by molar-refractivity contribution is -0.136. The molecule has 2 amide bonds. The number of anilines is 1. The largest absolute Gasteiger partial charge is 0.481 e. The standard InChI is InChI=1S/C24H19F2NO5/c1-2-5-16-15-6-3-4-7-17(15)21(32-24(25)26)20-19(16)22(30)27(23(20)31)14-10-8-13(9-11-14)12-18(28)29/h3-4,6-11,24H,2,5,12H2,1H3,(H,28,29). The third kappa shape index (κ3) is 3.57. The molecule has 0 radical (unpaired) electrons. The minimum absolute atomic E-state index is 0.0702. The third-order valence-corrected chi connectivity index (χ3v) is 5.37. The van der Waals surface area contributed by atoms with Crippen molar-refractivity contribution in [3.8, 4) is 5.75 Å². The smallest absolute Gasteiger partial charge is 0.387 e. The molecule has 0 aliphatic carbocycles. The summed E-state index contributed by atoms with van der Waals surface area (Å²) in [5, 5.41) is 9.86. The highest BCUT2D eigenvalue weighted by Gasteiger charge is 2.42. The number of carbonyl (C=O) groups excluding carboxylic acids is 2. The molecular formula is C24H19F2NO5. The van der Waals surface area contributed by atoms with Gasteiger partial charge in [-0.05, 0) is 35.1 Å². The Kier molecular flexibility index (Phi) is 5.61. The van der Waals surface area contributed by atoms with Crippen LogP contribution in [0.5, 0.6) is 5.75 Å². The Balaban J connectivity index is 1.91. The van der Waals surface area contributed by atoms with Crippen LogP contribution in [0.1, 0.15) is 45.2 Å². The third-order valence-electron chi connectivity index (χ3n) is 5.37. The van der Waals surface area contributed by atoms with E-state index in [1.54, 1.807) is 24.3 Å². The second-order valence-corrected chi connectivity index (χ2v) is 7.41. The van der Waals surface area contributed by atoms with Crippen LogP contribution in [-0.2, 0) is 17.6 Å². The Labute approximate surface area is 182 Å². The number of aryl methyl sites for hydroxylation is 1. The monoisotopic (exact) mass is 439 g/mol. The summed E-state index contributed by atoms with van der Waals surface area (Å²) in [7, 11) is 0. The predicted molar refractivity (Wildman–Crippen MR) is 113 cm³/mol. The van der Waals surface area contributed by atoms with E-state index in [1.165, 1.54) is 24.3 Å². The second-order valence-electron chi connectivity index (χ2n) is 7.41. The van der Waals surface area contributed by atoms with Crippen molar-refractivity contribution in [3.05, 3.63) is 70.8 Å². The number of rotatable bonds is 7. The first kappa shape index (κ1) is 21.4. The zero-order valence-corrected chi connectivity index (χ0v) is 17.1. The van der Waals surface area contributed by atoms with Crippen LogP contribution in [0.25, 0.3) is 10.8 Å². The first-order valence-corrected chi connectivity index (χ1v) is 10.0. The summed E-state index contributed by atoms with van der Waals surface area (Å²) < 4.78 is 31.3. The first-order chi connectivity index (χ1) is 15.3. The van der Waals surface area contributed by atoms with Gasteiger partial charge in [-0.2, -0.15) is 8.78 Å².